The predicted octanol–water partition coefficient (Wildman–Crippen LogP) is 18.1. The van der Waals surface area contributed by atoms with Gasteiger partial charge in [-0.1, -0.05) is 200 Å². The maximum absolute atomic E-state index is 5.23. The number of fused-ring (bicyclic) bond motifs is 12. The van der Waals surface area contributed by atoms with Crippen LogP contribution in [-0.2, 0) is 0 Å². The van der Waals surface area contributed by atoms with Gasteiger partial charge in [0.05, 0.1) is 11.2 Å². The van der Waals surface area contributed by atoms with Gasteiger partial charge in [-0.25, -0.2) is 4.98 Å². The van der Waals surface area contributed by atoms with E-state index in [9.17, 15) is 0 Å². The van der Waals surface area contributed by atoms with E-state index in [2.05, 4.69) is 237 Å². The molecule has 0 saturated heterocycles. The number of para-hydroxylation sites is 1. The Kier molecular flexibility index (Phi) is 8.05. The highest BCUT2D eigenvalue weighted by atomic mass is 14.7. The molecule has 0 fully saturated rings. The van der Waals surface area contributed by atoms with Gasteiger partial charge in [-0.15, -0.1) is 0 Å². The Balaban J connectivity index is 1.03. The number of rotatable bonds is 4. The third-order valence-corrected chi connectivity index (χ3v) is 14.2. The van der Waals surface area contributed by atoms with Crippen molar-refractivity contribution < 1.29 is 0 Å². The van der Waals surface area contributed by atoms with Crippen molar-refractivity contribution in [3.63, 3.8) is 0 Å². The van der Waals surface area contributed by atoms with Crippen molar-refractivity contribution in [3.05, 3.63) is 237 Å². The minimum Gasteiger partial charge on any atom is -0.247 e. The van der Waals surface area contributed by atoms with Crippen LogP contribution in [0, 0.1) is 0 Å². The average molecular weight is 834 g/mol. The van der Waals surface area contributed by atoms with Crippen molar-refractivity contribution >= 4 is 97.1 Å². The van der Waals surface area contributed by atoms with Gasteiger partial charge in [-0.05, 0) is 151 Å². The quantitative estimate of drug-likeness (QED) is 0.127. The van der Waals surface area contributed by atoms with E-state index in [0.29, 0.717) is 0 Å². The van der Waals surface area contributed by atoms with Crippen LogP contribution in [0.1, 0.15) is 0 Å². The second kappa shape index (κ2) is 14.4. The van der Waals surface area contributed by atoms with Crippen molar-refractivity contribution in [2.24, 2.45) is 0 Å². The van der Waals surface area contributed by atoms with E-state index in [0.717, 1.165) is 16.8 Å². The molecule has 0 aliphatic heterocycles. The first-order valence-electron chi connectivity index (χ1n) is 22.9. The topological polar surface area (TPSA) is 12.9 Å². The molecule has 0 atom stereocenters. The zero-order valence-electron chi connectivity index (χ0n) is 36.0. The van der Waals surface area contributed by atoms with E-state index in [-0.39, 0.29) is 0 Å². The first kappa shape index (κ1) is 36.8. The third kappa shape index (κ3) is 5.57. The Morgan fingerprint density at radius 3 is 1.21 bits per heavy atom. The fourth-order valence-corrected chi connectivity index (χ4v) is 11.2. The molecular formula is C65H39N. The lowest BCUT2D eigenvalue weighted by Crippen LogP contribution is -1.94. The SMILES string of the molecule is c1ccc2c(c1)cc(-c1c3ccccc3c(-c3cc4ccccc4c4ccccc34)c3cc(-c4ccc5cc(-c6nc7ccccc7c7ccccc67)ccc5c4)ccc13)c1ccccc12. The Hall–Kier alpha value is -8.65. The van der Waals surface area contributed by atoms with Crippen molar-refractivity contribution in [3.8, 4) is 44.6 Å². The zero-order chi connectivity index (χ0) is 43.3. The lowest BCUT2D eigenvalue weighted by Gasteiger charge is -2.21. The second-order valence-electron chi connectivity index (χ2n) is 17.7. The summed E-state index contributed by atoms with van der Waals surface area (Å²) in [4.78, 5) is 5.23. The largest absolute Gasteiger partial charge is 0.247 e. The van der Waals surface area contributed by atoms with Gasteiger partial charge in [-0.3, -0.25) is 0 Å². The first-order valence-corrected chi connectivity index (χ1v) is 22.9. The van der Waals surface area contributed by atoms with Crippen molar-refractivity contribution in [2.45, 2.75) is 0 Å². The van der Waals surface area contributed by atoms with Gasteiger partial charge >= 0.3 is 0 Å². The van der Waals surface area contributed by atoms with Crippen molar-refractivity contribution in [2.75, 3.05) is 0 Å². The smallest absolute Gasteiger partial charge is 0.0788 e. The van der Waals surface area contributed by atoms with Crippen LogP contribution >= 0.6 is 0 Å². The van der Waals surface area contributed by atoms with Gasteiger partial charge in [0.2, 0.25) is 0 Å². The van der Waals surface area contributed by atoms with Crippen molar-refractivity contribution in [1.29, 1.82) is 0 Å². The highest BCUT2D eigenvalue weighted by Crippen LogP contribution is 2.49. The number of pyridine rings is 1. The first-order chi connectivity index (χ1) is 32.7. The van der Waals surface area contributed by atoms with Crippen LogP contribution in [0.2, 0.25) is 0 Å². The maximum atomic E-state index is 5.23. The number of hydrogen-bond donors (Lipinski definition) is 0. The standard InChI is InChI=1S/C65H39N/c1-3-17-47-44(15-1)38-59(51-21-7-5-19-49(47)51)63-55-25-10-11-26-56(55)64(60-39-45-16-2-4-18-48(45)50-20-6-8-22-52(50)60)61-37-43(33-34-57(61)63)41-29-30-42-36-46(32-31-40(42)35-41)65-58-27-12-9-23-53(58)54-24-13-14-28-62(54)66-65/h1-39H. The molecule has 0 unspecified atom stereocenters. The van der Waals surface area contributed by atoms with Crippen molar-refractivity contribution in [1.82, 2.24) is 4.98 Å². The monoisotopic (exact) mass is 833 g/mol. The molecule has 0 radical (unpaired) electrons. The molecule has 1 heterocycles. The molecule has 0 N–H and O–H groups in total. The Morgan fingerprint density at radius 2 is 0.606 bits per heavy atom. The summed E-state index contributed by atoms with van der Waals surface area (Å²) in [6, 6.07) is 87.5. The molecule has 14 rings (SSSR count). The Bertz CT molecular complexity index is 4350. The molecule has 1 aromatic heterocycles. The Labute approximate surface area is 381 Å². The lowest BCUT2D eigenvalue weighted by molar-refractivity contribution is 1.43. The summed E-state index contributed by atoms with van der Waals surface area (Å²) in [6.45, 7) is 0. The van der Waals surface area contributed by atoms with Crippen LogP contribution < -0.4 is 0 Å². The summed E-state index contributed by atoms with van der Waals surface area (Å²) in [5, 5.41) is 21.0. The molecule has 0 bridgehead atoms. The third-order valence-electron chi connectivity index (χ3n) is 14.2. The van der Waals surface area contributed by atoms with E-state index in [1.165, 1.54) is 125 Å². The maximum Gasteiger partial charge on any atom is 0.0788 e. The molecule has 13 aromatic carbocycles. The van der Waals surface area contributed by atoms with E-state index < -0.39 is 0 Å². The molecule has 14 aromatic rings. The second-order valence-corrected chi connectivity index (χ2v) is 17.7. The van der Waals surface area contributed by atoms with Crippen LogP contribution in [-0.4, -0.2) is 4.98 Å². The molecule has 1 nitrogen and oxygen atoms in total. The van der Waals surface area contributed by atoms with Gasteiger partial charge in [0.25, 0.3) is 0 Å². The van der Waals surface area contributed by atoms with E-state index >= 15 is 0 Å². The number of aromatic nitrogens is 1. The molecule has 0 saturated carbocycles. The van der Waals surface area contributed by atoms with Crippen LogP contribution in [0.25, 0.3) is 142 Å². The number of hydrogen-bond acceptors (Lipinski definition) is 1. The summed E-state index contributed by atoms with van der Waals surface area (Å²) >= 11 is 0. The minimum atomic E-state index is 1.01. The van der Waals surface area contributed by atoms with Gasteiger partial charge in [-0.2, -0.15) is 0 Å². The summed E-state index contributed by atoms with van der Waals surface area (Å²) in [5.41, 5.74) is 10.6. The molecule has 66 heavy (non-hydrogen) atoms. The van der Waals surface area contributed by atoms with Crippen LogP contribution in [0.5, 0.6) is 0 Å². The van der Waals surface area contributed by atoms with E-state index in [4.69, 9.17) is 4.98 Å². The fraction of sp³-hybridized carbons (Fsp3) is 0. The summed E-state index contributed by atoms with van der Waals surface area (Å²) in [6.07, 6.45) is 0. The lowest BCUT2D eigenvalue weighted by atomic mass is 9.81. The number of nitrogens with zero attached hydrogens (tertiary/aromatic N) is 1. The highest BCUT2D eigenvalue weighted by Gasteiger charge is 2.22. The average Bonchev–Trinajstić information content (AvgIpc) is 3.39. The van der Waals surface area contributed by atoms with Gasteiger partial charge in [0, 0.05) is 16.3 Å². The van der Waals surface area contributed by atoms with Crippen LogP contribution in [0.3, 0.4) is 0 Å². The zero-order valence-corrected chi connectivity index (χ0v) is 36.0. The molecule has 1 heteroatoms. The normalized spacial score (nSPS) is 11.9. The summed E-state index contributed by atoms with van der Waals surface area (Å²) < 4.78 is 0. The summed E-state index contributed by atoms with van der Waals surface area (Å²) in [5.74, 6) is 0. The minimum absolute atomic E-state index is 1.01. The van der Waals surface area contributed by atoms with Gasteiger partial charge < -0.3 is 0 Å². The van der Waals surface area contributed by atoms with Gasteiger partial charge in [0.1, 0.15) is 0 Å². The molecule has 0 amide bonds. The number of benzene rings is 13. The predicted molar refractivity (Wildman–Crippen MR) is 284 cm³/mol. The molecule has 304 valence electrons. The van der Waals surface area contributed by atoms with Crippen LogP contribution in [0.4, 0.5) is 0 Å². The summed E-state index contributed by atoms with van der Waals surface area (Å²) in [7, 11) is 0. The molecule has 0 aliphatic rings. The van der Waals surface area contributed by atoms with Crippen LogP contribution in [0.15, 0.2) is 237 Å². The molecule has 0 aliphatic carbocycles. The van der Waals surface area contributed by atoms with E-state index in [1.807, 2.05) is 0 Å². The highest BCUT2D eigenvalue weighted by molar-refractivity contribution is 6.29. The molecule has 0 spiro atoms. The Morgan fingerprint density at radius 1 is 0.212 bits per heavy atom. The fourth-order valence-electron chi connectivity index (χ4n) is 11.2. The van der Waals surface area contributed by atoms with E-state index in [1.54, 1.807) is 0 Å². The molecular weight excluding hydrogens is 795 g/mol. The van der Waals surface area contributed by atoms with Gasteiger partial charge in [0.15, 0.2) is 0 Å².